The number of rotatable bonds is 10. The van der Waals surface area contributed by atoms with Crippen LogP contribution in [0, 0.1) is 5.92 Å². The number of aliphatic hydroxyl groups is 1. The third kappa shape index (κ3) is 5.16. The fourth-order valence-corrected chi connectivity index (χ4v) is 9.69. The van der Waals surface area contributed by atoms with Gasteiger partial charge in [-0.3, -0.25) is 14.4 Å². The summed E-state index contributed by atoms with van der Waals surface area (Å²) in [6.45, 7) is 6.73. The van der Waals surface area contributed by atoms with Gasteiger partial charge in [0, 0.05) is 48.5 Å². The molecule has 0 saturated carbocycles. The Labute approximate surface area is 256 Å². The Morgan fingerprint density at radius 3 is 2.73 bits per heavy atom. The molecule has 44 heavy (non-hydrogen) atoms. The Balaban J connectivity index is 1.34. The van der Waals surface area contributed by atoms with Crippen LogP contribution in [0.5, 0.6) is 5.75 Å². The molecule has 6 rings (SSSR count). The van der Waals surface area contributed by atoms with E-state index in [1.807, 2.05) is 49.4 Å². The summed E-state index contributed by atoms with van der Waals surface area (Å²) < 4.78 is 35.4. The van der Waals surface area contributed by atoms with Gasteiger partial charge < -0.3 is 28.3 Å². The van der Waals surface area contributed by atoms with Gasteiger partial charge in [-0.25, -0.2) is 4.79 Å². The SMILES string of the molecule is COc1ccc2c(c1)[C@@]1(O[C@H](CCn3cc(CCO)nn3)[C@@H]([Si](C)(C)F)[C@@H]1C)C(=O)N2Cc1cccc(N2CCOC2=O)c1. The van der Waals surface area contributed by atoms with E-state index in [0.29, 0.717) is 60.9 Å². The molecule has 2 amide bonds. The smallest absolute Gasteiger partial charge is 0.414 e. The van der Waals surface area contributed by atoms with E-state index in [2.05, 4.69) is 10.3 Å². The van der Waals surface area contributed by atoms with E-state index in [1.165, 1.54) is 0 Å². The zero-order valence-electron chi connectivity index (χ0n) is 25.4. The maximum atomic E-state index is 16.2. The molecule has 13 heteroatoms. The normalized spacial score (nSPS) is 24.8. The van der Waals surface area contributed by atoms with Crippen molar-refractivity contribution >= 4 is 31.8 Å². The molecule has 0 bridgehead atoms. The summed E-state index contributed by atoms with van der Waals surface area (Å²) in [4.78, 5) is 30.2. The van der Waals surface area contributed by atoms with Crippen LogP contribution in [0.1, 0.15) is 30.2 Å². The van der Waals surface area contributed by atoms with Crippen molar-refractivity contribution < 1.29 is 33.0 Å². The molecule has 2 fully saturated rings. The number of aromatic nitrogens is 3. The van der Waals surface area contributed by atoms with Gasteiger partial charge in [0.2, 0.25) is 8.41 Å². The lowest BCUT2D eigenvalue weighted by atomic mass is 9.82. The van der Waals surface area contributed by atoms with Crippen LogP contribution in [0.4, 0.5) is 20.3 Å². The van der Waals surface area contributed by atoms with E-state index in [9.17, 15) is 14.7 Å². The average Bonchev–Trinajstić information content (AvgIpc) is 3.75. The van der Waals surface area contributed by atoms with Crippen molar-refractivity contribution in [1.29, 1.82) is 0 Å². The van der Waals surface area contributed by atoms with Gasteiger partial charge in [0.15, 0.2) is 5.60 Å². The van der Waals surface area contributed by atoms with Crippen molar-refractivity contribution in [2.45, 2.75) is 63.2 Å². The molecule has 0 radical (unpaired) electrons. The van der Waals surface area contributed by atoms with Gasteiger partial charge in [-0.05, 0) is 55.4 Å². The van der Waals surface area contributed by atoms with Crippen molar-refractivity contribution in [3.05, 3.63) is 65.5 Å². The number of anilines is 2. The lowest BCUT2D eigenvalue weighted by Gasteiger charge is -2.31. The molecule has 4 heterocycles. The van der Waals surface area contributed by atoms with E-state index in [1.54, 1.807) is 40.9 Å². The van der Waals surface area contributed by atoms with Gasteiger partial charge in [0.25, 0.3) is 5.91 Å². The Morgan fingerprint density at radius 2 is 2.02 bits per heavy atom. The number of hydrogen-bond acceptors (Lipinski definition) is 8. The topological polar surface area (TPSA) is 119 Å². The molecule has 2 aromatic carbocycles. The standard InChI is InChI=1S/C31H38FN5O6Si/c1-20-28(44(3,4)32)27(10-12-35-19-22(11-14-38)33-34-35)43-31(20)25-17-24(41-2)8-9-26(25)37(29(31)39)18-21-6-5-7-23(16-21)36-13-15-42-30(36)40/h5-9,16-17,19-20,27-28,38H,10-15,18H2,1-4H3/t20-,27+,28-,31+/m0/s1. The third-order valence-corrected chi connectivity index (χ3v) is 11.5. The average molecular weight is 624 g/mol. The maximum absolute atomic E-state index is 16.2. The van der Waals surface area contributed by atoms with E-state index in [4.69, 9.17) is 14.2 Å². The van der Waals surface area contributed by atoms with Crippen LogP contribution in [0.25, 0.3) is 0 Å². The summed E-state index contributed by atoms with van der Waals surface area (Å²) in [5, 5.41) is 17.5. The Bertz CT molecular complexity index is 1560. The second kappa shape index (κ2) is 11.6. The summed E-state index contributed by atoms with van der Waals surface area (Å²) in [6, 6.07) is 13.0. The number of aliphatic hydroxyl groups excluding tert-OH is 1. The first-order valence-electron chi connectivity index (χ1n) is 15.0. The molecule has 234 valence electrons. The Morgan fingerprint density at radius 1 is 1.20 bits per heavy atom. The number of aryl methyl sites for hydroxylation is 1. The highest BCUT2D eigenvalue weighted by molar-refractivity contribution is 6.72. The number of carbonyl (C=O) groups is 2. The fraction of sp³-hybridized carbons (Fsp3) is 0.484. The number of halogens is 1. The van der Waals surface area contributed by atoms with Crippen LogP contribution in [-0.2, 0) is 39.4 Å². The second-order valence-electron chi connectivity index (χ2n) is 12.2. The summed E-state index contributed by atoms with van der Waals surface area (Å²) in [6.07, 6.45) is 1.70. The van der Waals surface area contributed by atoms with Gasteiger partial charge >= 0.3 is 6.09 Å². The number of fused-ring (bicyclic) bond motifs is 2. The molecule has 3 aliphatic heterocycles. The van der Waals surface area contributed by atoms with E-state index < -0.39 is 37.7 Å². The predicted octanol–water partition coefficient (Wildman–Crippen LogP) is 4.19. The first-order chi connectivity index (χ1) is 21.1. The number of nitrogens with zero attached hydrogens (tertiary/aromatic N) is 5. The molecule has 3 aliphatic rings. The summed E-state index contributed by atoms with van der Waals surface area (Å²) in [5.74, 6) is -0.108. The quantitative estimate of drug-likeness (QED) is 0.264. The zero-order valence-corrected chi connectivity index (χ0v) is 26.4. The molecule has 1 N–H and O–H groups in total. The molecule has 4 atom stereocenters. The van der Waals surface area contributed by atoms with E-state index >= 15 is 4.11 Å². The minimum atomic E-state index is -3.34. The van der Waals surface area contributed by atoms with E-state index in [-0.39, 0.29) is 19.1 Å². The molecule has 0 unspecified atom stereocenters. The lowest BCUT2D eigenvalue weighted by molar-refractivity contribution is -0.146. The minimum absolute atomic E-state index is 0.0231. The van der Waals surface area contributed by atoms with Crippen molar-refractivity contribution in [3.63, 3.8) is 0 Å². The van der Waals surface area contributed by atoms with Crippen molar-refractivity contribution in [3.8, 4) is 5.75 Å². The largest absolute Gasteiger partial charge is 0.497 e. The fourth-order valence-electron chi connectivity index (χ4n) is 7.15. The second-order valence-corrected chi connectivity index (χ2v) is 16.0. The van der Waals surface area contributed by atoms with Gasteiger partial charge in [-0.1, -0.05) is 24.3 Å². The van der Waals surface area contributed by atoms with Crippen molar-refractivity contribution in [2.75, 3.05) is 36.7 Å². The van der Waals surface area contributed by atoms with Crippen LogP contribution in [-0.4, -0.2) is 73.5 Å². The molecule has 3 aromatic rings. The lowest BCUT2D eigenvalue weighted by Crippen LogP contribution is -2.45. The van der Waals surface area contributed by atoms with Crippen LogP contribution < -0.4 is 14.5 Å². The van der Waals surface area contributed by atoms with Gasteiger partial charge in [-0.15, -0.1) is 5.10 Å². The highest BCUT2D eigenvalue weighted by atomic mass is 28.4. The number of cyclic esters (lactones) is 1. The number of ether oxygens (including phenoxy) is 3. The summed E-state index contributed by atoms with van der Waals surface area (Å²) in [5.41, 5.74) is 1.72. The van der Waals surface area contributed by atoms with Crippen molar-refractivity contribution in [1.82, 2.24) is 15.0 Å². The first-order valence-corrected chi connectivity index (χ1v) is 17.9. The number of amides is 2. The highest BCUT2D eigenvalue weighted by Crippen LogP contribution is 2.60. The van der Waals surface area contributed by atoms with Gasteiger partial charge in [0.1, 0.15) is 12.4 Å². The van der Waals surface area contributed by atoms with E-state index in [0.717, 1.165) is 5.56 Å². The van der Waals surface area contributed by atoms with Gasteiger partial charge in [-0.2, -0.15) is 0 Å². The summed E-state index contributed by atoms with van der Waals surface area (Å²) >= 11 is 0. The number of hydrogen-bond donors (Lipinski definition) is 1. The number of carbonyl (C=O) groups excluding carboxylic acids is 2. The van der Waals surface area contributed by atoms with Crippen LogP contribution >= 0.6 is 0 Å². The number of methoxy groups -OCH3 is 1. The first kappa shape index (κ1) is 30.2. The molecule has 2 saturated heterocycles. The Hall–Kier alpha value is -3.81. The van der Waals surface area contributed by atoms with Crippen molar-refractivity contribution in [2.24, 2.45) is 5.92 Å². The third-order valence-electron chi connectivity index (χ3n) is 9.09. The zero-order chi connectivity index (χ0) is 31.2. The predicted molar refractivity (Wildman–Crippen MR) is 163 cm³/mol. The monoisotopic (exact) mass is 623 g/mol. The molecular formula is C31H38FN5O6Si. The molecular weight excluding hydrogens is 585 g/mol. The van der Waals surface area contributed by atoms with Crippen LogP contribution in [0.3, 0.4) is 0 Å². The maximum Gasteiger partial charge on any atom is 0.414 e. The highest BCUT2D eigenvalue weighted by Gasteiger charge is 2.66. The van der Waals surface area contributed by atoms with Crippen LogP contribution in [0.15, 0.2) is 48.7 Å². The van der Waals surface area contributed by atoms with Gasteiger partial charge in [0.05, 0.1) is 37.7 Å². The number of benzene rings is 2. The van der Waals surface area contributed by atoms with Crippen LogP contribution in [0.2, 0.25) is 18.6 Å². The molecule has 0 aliphatic carbocycles. The Kier molecular flexibility index (Phi) is 7.97. The molecule has 11 nitrogen and oxygen atoms in total. The minimum Gasteiger partial charge on any atom is -0.497 e. The molecule has 1 spiro atoms. The molecule has 1 aromatic heterocycles. The summed E-state index contributed by atoms with van der Waals surface area (Å²) in [7, 11) is -1.77.